The highest BCUT2D eigenvalue weighted by molar-refractivity contribution is 8.00. The number of hydrogen-bond donors (Lipinski definition) is 2. The Morgan fingerprint density at radius 2 is 2.15 bits per heavy atom. The number of nitrogens with one attached hydrogen (secondary N) is 1. The van der Waals surface area contributed by atoms with Crippen molar-refractivity contribution in [1.82, 2.24) is 10.2 Å². The largest absolute Gasteiger partial charge is 0.416 e. The highest BCUT2D eigenvalue weighted by atomic mass is 32.2. The van der Waals surface area contributed by atoms with Crippen molar-refractivity contribution in [3.05, 3.63) is 29.7 Å². The van der Waals surface area contributed by atoms with E-state index < -0.39 is 0 Å². The molecule has 1 heterocycles. The van der Waals surface area contributed by atoms with Crippen molar-refractivity contribution < 1.29 is 9.21 Å². The molecule has 2 aromatic rings. The molecule has 1 atom stereocenters. The summed E-state index contributed by atoms with van der Waals surface area (Å²) in [5.41, 5.74) is 8.02. The van der Waals surface area contributed by atoms with Gasteiger partial charge in [0.05, 0.1) is 5.25 Å². The van der Waals surface area contributed by atoms with Gasteiger partial charge in [0.2, 0.25) is 11.8 Å². The third-order valence-electron chi connectivity index (χ3n) is 2.66. The van der Waals surface area contributed by atoms with Crippen molar-refractivity contribution in [2.75, 3.05) is 11.1 Å². The maximum absolute atomic E-state index is 12.1. The average Bonchev–Trinajstić information content (AvgIpc) is 2.78. The van der Waals surface area contributed by atoms with Crippen LogP contribution in [-0.2, 0) is 4.79 Å². The number of benzene rings is 1. The van der Waals surface area contributed by atoms with Gasteiger partial charge in [-0.2, -0.15) is 0 Å². The monoisotopic (exact) mass is 292 g/mol. The average molecular weight is 292 g/mol. The molecule has 0 saturated carbocycles. The molecule has 2 rings (SSSR count). The zero-order valence-electron chi connectivity index (χ0n) is 11.5. The number of nitrogens with two attached hydrogens (primary N) is 1. The van der Waals surface area contributed by atoms with Crippen LogP contribution >= 0.6 is 11.8 Å². The van der Waals surface area contributed by atoms with Crippen molar-refractivity contribution in [3.63, 3.8) is 0 Å². The van der Waals surface area contributed by atoms with E-state index in [0.29, 0.717) is 16.8 Å². The zero-order chi connectivity index (χ0) is 14.7. The lowest BCUT2D eigenvalue weighted by atomic mass is 10.2. The van der Waals surface area contributed by atoms with Crippen LogP contribution in [0, 0.1) is 13.8 Å². The second-order valence-corrected chi connectivity index (χ2v) is 5.70. The Balaban J connectivity index is 2.00. The summed E-state index contributed by atoms with van der Waals surface area (Å²) in [7, 11) is 0. The van der Waals surface area contributed by atoms with E-state index in [2.05, 4.69) is 15.5 Å². The summed E-state index contributed by atoms with van der Waals surface area (Å²) in [6.07, 6.45) is 0. The van der Waals surface area contributed by atoms with Crippen LogP contribution in [0.15, 0.2) is 27.8 Å². The van der Waals surface area contributed by atoms with Crippen LogP contribution in [0.1, 0.15) is 18.4 Å². The molecule has 6 nitrogen and oxygen atoms in total. The maximum Gasteiger partial charge on any atom is 0.277 e. The summed E-state index contributed by atoms with van der Waals surface area (Å²) < 4.78 is 5.24. The molecule has 1 aromatic heterocycles. The van der Waals surface area contributed by atoms with Gasteiger partial charge in [-0.05, 0) is 37.6 Å². The molecule has 0 aliphatic heterocycles. The van der Waals surface area contributed by atoms with E-state index in [-0.39, 0.29) is 11.2 Å². The number of thioether (sulfide) groups is 1. The summed E-state index contributed by atoms with van der Waals surface area (Å²) in [6, 6.07) is 5.35. The van der Waals surface area contributed by atoms with Crippen LogP contribution in [0.3, 0.4) is 0 Å². The Morgan fingerprint density at radius 3 is 2.75 bits per heavy atom. The third kappa shape index (κ3) is 3.51. The third-order valence-corrected chi connectivity index (χ3v) is 3.60. The fraction of sp³-hybridized carbons (Fsp3) is 0.308. The van der Waals surface area contributed by atoms with Crippen LogP contribution in [0.2, 0.25) is 0 Å². The minimum absolute atomic E-state index is 0.126. The first-order valence-electron chi connectivity index (χ1n) is 6.09. The number of aromatic nitrogens is 2. The molecule has 0 saturated heterocycles. The van der Waals surface area contributed by atoms with E-state index in [1.54, 1.807) is 26.0 Å². The molecule has 7 heteroatoms. The Labute approximate surface area is 121 Å². The molecule has 0 bridgehead atoms. The Bertz CT molecular complexity index is 627. The van der Waals surface area contributed by atoms with Gasteiger partial charge in [0.25, 0.3) is 5.22 Å². The normalized spacial score (nSPS) is 12.2. The van der Waals surface area contributed by atoms with Gasteiger partial charge in [-0.1, -0.05) is 11.8 Å². The predicted molar refractivity (Wildman–Crippen MR) is 78.6 cm³/mol. The second-order valence-electron chi connectivity index (χ2n) is 4.41. The van der Waals surface area contributed by atoms with Crippen molar-refractivity contribution in [2.24, 2.45) is 0 Å². The first-order valence-corrected chi connectivity index (χ1v) is 6.97. The topological polar surface area (TPSA) is 94.0 Å². The lowest BCUT2D eigenvalue weighted by Crippen LogP contribution is -2.22. The van der Waals surface area contributed by atoms with Crippen LogP contribution in [-0.4, -0.2) is 21.4 Å². The number of aryl methyl sites for hydroxylation is 2. The highest BCUT2D eigenvalue weighted by Gasteiger charge is 2.18. The smallest absolute Gasteiger partial charge is 0.277 e. The predicted octanol–water partition coefficient (Wildman–Crippen LogP) is 2.39. The van der Waals surface area contributed by atoms with Gasteiger partial charge in [-0.3, -0.25) is 4.79 Å². The van der Waals surface area contributed by atoms with E-state index in [0.717, 1.165) is 11.3 Å². The van der Waals surface area contributed by atoms with Crippen molar-refractivity contribution in [1.29, 1.82) is 0 Å². The minimum Gasteiger partial charge on any atom is -0.416 e. The number of anilines is 2. The van der Waals surface area contributed by atoms with Crippen LogP contribution in [0.25, 0.3) is 0 Å². The lowest BCUT2D eigenvalue weighted by molar-refractivity contribution is -0.115. The standard InChI is InChI=1S/C13H16N4O2S/c1-7-6-10(14)4-5-11(7)15-12(18)8(2)20-13-17-16-9(3)19-13/h4-6,8H,14H2,1-3H3,(H,15,18). The Kier molecular flexibility index (Phi) is 4.29. The van der Waals surface area contributed by atoms with E-state index >= 15 is 0 Å². The minimum atomic E-state index is -0.341. The van der Waals surface area contributed by atoms with Gasteiger partial charge < -0.3 is 15.5 Å². The first kappa shape index (κ1) is 14.4. The molecule has 0 radical (unpaired) electrons. The number of nitrogen functional groups attached to an aromatic ring is 1. The second kappa shape index (κ2) is 5.96. The molecule has 20 heavy (non-hydrogen) atoms. The number of carbonyl (C=O) groups is 1. The first-order chi connectivity index (χ1) is 9.45. The fourth-order valence-corrected chi connectivity index (χ4v) is 2.32. The molecule has 1 unspecified atom stereocenters. The summed E-state index contributed by atoms with van der Waals surface area (Å²) in [4.78, 5) is 12.1. The molecule has 0 spiro atoms. The summed E-state index contributed by atoms with van der Waals surface area (Å²) >= 11 is 1.22. The van der Waals surface area contributed by atoms with Gasteiger partial charge >= 0.3 is 0 Å². The van der Waals surface area contributed by atoms with E-state index in [1.807, 2.05) is 13.0 Å². The molecule has 1 amide bonds. The molecular weight excluding hydrogens is 276 g/mol. The van der Waals surface area contributed by atoms with Crippen molar-refractivity contribution in [2.45, 2.75) is 31.2 Å². The fourth-order valence-electron chi connectivity index (χ4n) is 1.59. The molecule has 0 aliphatic carbocycles. The summed E-state index contributed by atoms with van der Waals surface area (Å²) in [6.45, 7) is 5.39. The SMILES string of the molecule is Cc1nnc(SC(C)C(=O)Nc2ccc(N)cc2C)o1. The van der Waals surface area contributed by atoms with Gasteiger partial charge in [-0.25, -0.2) is 0 Å². The van der Waals surface area contributed by atoms with Crippen LogP contribution < -0.4 is 11.1 Å². The van der Waals surface area contributed by atoms with Crippen LogP contribution in [0.4, 0.5) is 11.4 Å². The van der Waals surface area contributed by atoms with E-state index in [1.165, 1.54) is 11.8 Å². The molecule has 106 valence electrons. The number of hydrogen-bond acceptors (Lipinski definition) is 6. The number of nitrogens with zero attached hydrogens (tertiary/aromatic N) is 2. The Morgan fingerprint density at radius 1 is 1.40 bits per heavy atom. The quantitative estimate of drug-likeness (QED) is 0.663. The van der Waals surface area contributed by atoms with Gasteiger partial charge in [0.15, 0.2) is 0 Å². The van der Waals surface area contributed by atoms with Crippen molar-refractivity contribution in [3.8, 4) is 0 Å². The van der Waals surface area contributed by atoms with E-state index in [4.69, 9.17) is 10.2 Å². The van der Waals surface area contributed by atoms with Gasteiger partial charge in [0.1, 0.15) is 0 Å². The summed E-state index contributed by atoms with van der Waals surface area (Å²) in [5, 5.41) is 10.5. The number of carbonyl (C=O) groups excluding carboxylic acids is 1. The zero-order valence-corrected chi connectivity index (χ0v) is 12.3. The molecular formula is C13H16N4O2S. The molecule has 0 aliphatic rings. The highest BCUT2D eigenvalue weighted by Crippen LogP contribution is 2.24. The molecule has 0 fully saturated rings. The van der Waals surface area contributed by atoms with Gasteiger partial charge in [-0.15, -0.1) is 10.2 Å². The maximum atomic E-state index is 12.1. The van der Waals surface area contributed by atoms with Gasteiger partial charge in [0, 0.05) is 18.3 Å². The Hall–Kier alpha value is -2.02. The molecule has 3 N–H and O–H groups in total. The number of rotatable bonds is 4. The van der Waals surface area contributed by atoms with E-state index in [9.17, 15) is 4.79 Å². The van der Waals surface area contributed by atoms with Crippen LogP contribution in [0.5, 0.6) is 0 Å². The summed E-state index contributed by atoms with van der Waals surface area (Å²) in [5.74, 6) is 0.355. The van der Waals surface area contributed by atoms with Crippen molar-refractivity contribution >= 4 is 29.0 Å². The lowest BCUT2D eigenvalue weighted by Gasteiger charge is -2.12. The number of amides is 1. The molecule has 1 aromatic carbocycles.